The predicted molar refractivity (Wildman–Crippen MR) is 127 cm³/mol. The maximum absolute atomic E-state index is 12.4. The molecule has 0 spiro atoms. The van der Waals surface area contributed by atoms with Crippen molar-refractivity contribution < 1.29 is 14.3 Å². The number of rotatable bonds is 4. The monoisotopic (exact) mass is 449 g/mol. The quantitative estimate of drug-likeness (QED) is 0.343. The van der Waals surface area contributed by atoms with E-state index in [1.807, 2.05) is 30.3 Å². The van der Waals surface area contributed by atoms with Crippen LogP contribution in [0.3, 0.4) is 0 Å². The van der Waals surface area contributed by atoms with Crippen molar-refractivity contribution in [2.75, 3.05) is 18.1 Å². The SMILES string of the molecule is N#Cc1c(N)nc(N)nc1-c1ccc(OC(=O)OCC2c3ccccc3-c3ccccc32)cc1. The molecule has 4 N–H and O–H groups in total. The fourth-order valence-electron chi connectivity index (χ4n) is 4.21. The molecule has 0 unspecified atom stereocenters. The second-order valence-corrected chi connectivity index (χ2v) is 7.72. The van der Waals surface area contributed by atoms with Crippen LogP contribution in [0.15, 0.2) is 72.8 Å². The van der Waals surface area contributed by atoms with Gasteiger partial charge < -0.3 is 20.9 Å². The average molecular weight is 449 g/mol. The Labute approximate surface area is 195 Å². The van der Waals surface area contributed by atoms with E-state index in [9.17, 15) is 10.1 Å². The molecular formula is C26H19N5O3. The standard InChI is InChI=1S/C26H19N5O3/c27-13-21-23(30-25(29)31-24(21)28)15-9-11-16(12-10-15)34-26(32)33-14-22-19-7-3-1-5-17(19)18-6-2-4-8-20(18)22/h1-12,22H,14H2,(H4,28,29,30,31). The smallest absolute Gasteiger partial charge is 0.433 e. The Balaban J connectivity index is 1.28. The molecule has 5 rings (SSSR count). The molecule has 0 fully saturated rings. The summed E-state index contributed by atoms with van der Waals surface area (Å²) in [5.41, 5.74) is 17.0. The number of nitrogens with zero attached hydrogens (tertiary/aromatic N) is 3. The van der Waals surface area contributed by atoms with Crippen LogP contribution in [0.4, 0.5) is 16.6 Å². The Kier molecular flexibility index (Phi) is 5.28. The minimum absolute atomic E-state index is 0.00367. The van der Waals surface area contributed by atoms with Crippen LogP contribution >= 0.6 is 0 Å². The summed E-state index contributed by atoms with van der Waals surface area (Å²) in [4.78, 5) is 20.3. The molecule has 0 saturated heterocycles. The fourth-order valence-corrected chi connectivity index (χ4v) is 4.21. The lowest BCUT2D eigenvalue weighted by atomic mass is 9.98. The van der Waals surface area contributed by atoms with Gasteiger partial charge in [-0.25, -0.2) is 9.78 Å². The van der Waals surface area contributed by atoms with Crippen molar-refractivity contribution in [3.8, 4) is 34.2 Å². The molecule has 1 heterocycles. The molecule has 0 bridgehead atoms. The number of carbonyl (C=O) groups excluding carboxylic acids is 1. The Bertz CT molecular complexity index is 1400. The van der Waals surface area contributed by atoms with Crippen molar-refractivity contribution in [1.29, 1.82) is 5.26 Å². The minimum atomic E-state index is -0.803. The molecule has 1 aliphatic rings. The zero-order valence-corrected chi connectivity index (χ0v) is 17.9. The summed E-state index contributed by atoms with van der Waals surface area (Å²) in [7, 11) is 0. The molecule has 8 nitrogen and oxygen atoms in total. The third-order valence-electron chi connectivity index (χ3n) is 5.73. The van der Waals surface area contributed by atoms with Crippen LogP contribution in [0, 0.1) is 11.3 Å². The molecule has 3 aromatic carbocycles. The Hall–Kier alpha value is -4.90. The molecule has 1 aliphatic carbocycles. The van der Waals surface area contributed by atoms with Crippen molar-refractivity contribution in [1.82, 2.24) is 9.97 Å². The highest BCUT2D eigenvalue weighted by atomic mass is 16.7. The second-order valence-electron chi connectivity index (χ2n) is 7.72. The van der Waals surface area contributed by atoms with E-state index < -0.39 is 6.16 Å². The first-order valence-corrected chi connectivity index (χ1v) is 10.5. The number of hydrogen-bond donors (Lipinski definition) is 2. The van der Waals surface area contributed by atoms with Gasteiger partial charge in [-0.15, -0.1) is 0 Å². The van der Waals surface area contributed by atoms with Crippen molar-refractivity contribution in [3.63, 3.8) is 0 Å². The normalized spacial score (nSPS) is 11.9. The van der Waals surface area contributed by atoms with E-state index in [2.05, 4.69) is 34.2 Å². The van der Waals surface area contributed by atoms with Crippen LogP contribution in [0.25, 0.3) is 22.4 Å². The summed E-state index contributed by atoms with van der Waals surface area (Å²) in [6, 6.07) is 24.6. The molecule has 166 valence electrons. The van der Waals surface area contributed by atoms with E-state index >= 15 is 0 Å². The van der Waals surface area contributed by atoms with Gasteiger partial charge in [0.25, 0.3) is 0 Å². The zero-order chi connectivity index (χ0) is 23.7. The number of aromatic nitrogens is 2. The molecule has 0 amide bonds. The van der Waals surface area contributed by atoms with E-state index in [0.717, 1.165) is 22.3 Å². The predicted octanol–water partition coefficient (Wildman–Crippen LogP) is 4.51. The first-order valence-electron chi connectivity index (χ1n) is 10.5. The summed E-state index contributed by atoms with van der Waals surface area (Å²) >= 11 is 0. The van der Waals surface area contributed by atoms with E-state index in [1.54, 1.807) is 24.3 Å². The summed E-state index contributed by atoms with van der Waals surface area (Å²) in [6.45, 7) is 0.163. The molecule has 34 heavy (non-hydrogen) atoms. The molecule has 0 aliphatic heterocycles. The number of nitrogen functional groups attached to an aromatic ring is 2. The van der Waals surface area contributed by atoms with Gasteiger partial charge in [-0.2, -0.15) is 10.2 Å². The van der Waals surface area contributed by atoms with E-state index in [0.29, 0.717) is 11.3 Å². The third-order valence-corrected chi connectivity index (χ3v) is 5.73. The minimum Gasteiger partial charge on any atom is -0.433 e. The number of carbonyl (C=O) groups is 1. The van der Waals surface area contributed by atoms with E-state index in [4.69, 9.17) is 20.9 Å². The van der Waals surface area contributed by atoms with Crippen molar-refractivity contribution in [2.24, 2.45) is 0 Å². The first-order chi connectivity index (χ1) is 16.5. The average Bonchev–Trinajstić information content (AvgIpc) is 3.16. The maximum atomic E-state index is 12.4. The lowest BCUT2D eigenvalue weighted by Gasteiger charge is -2.14. The topological polar surface area (TPSA) is 137 Å². The highest BCUT2D eigenvalue weighted by Gasteiger charge is 2.29. The van der Waals surface area contributed by atoms with Crippen LogP contribution in [0.2, 0.25) is 0 Å². The lowest BCUT2D eigenvalue weighted by Crippen LogP contribution is -2.15. The van der Waals surface area contributed by atoms with Gasteiger partial charge in [-0.05, 0) is 46.5 Å². The molecule has 1 aromatic heterocycles. The van der Waals surface area contributed by atoms with Gasteiger partial charge in [0.1, 0.15) is 29.8 Å². The second kappa shape index (κ2) is 8.56. The molecular weight excluding hydrogens is 430 g/mol. The summed E-state index contributed by atoms with van der Waals surface area (Å²) < 4.78 is 10.8. The third kappa shape index (κ3) is 3.76. The molecule has 0 radical (unpaired) electrons. The van der Waals surface area contributed by atoms with Gasteiger partial charge in [-0.1, -0.05) is 48.5 Å². The van der Waals surface area contributed by atoms with Crippen molar-refractivity contribution >= 4 is 17.9 Å². The Morgan fingerprint density at radius 1 is 0.912 bits per heavy atom. The molecule has 0 atom stereocenters. The van der Waals surface area contributed by atoms with Crippen LogP contribution in [-0.4, -0.2) is 22.7 Å². The van der Waals surface area contributed by atoms with Gasteiger partial charge in [0.2, 0.25) is 5.95 Å². The maximum Gasteiger partial charge on any atom is 0.513 e. The number of hydrogen-bond acceptors (Lipinski definition) is 8. The first kappa shape index (κ1) is 21.0. The van der Waals surface area contributed by atoms with E-state index in [1.165, 1.54) is 0 Å². The van der Waals surface area contributed by atoms with Gasteiger partial charge in [-0.3, -0.25) is 0 Å². The Morgan fingerprint density at radius 3 is 2.15 bits per heavy atom. The van der Waals surface area contributed by atoms with E-state index in [-0.39, 0.29) is 35.6 Å². The van der Waals surface area contributed by atoms with Crippen LogP contribution < -0.4 is 16.2 Å². The highest BCUT2D eigenvalue weighted by molar-refractivity contribution is 5.79. The van der Waals surface area contributed by atoms with Crippen LogP contribution in [0.5, 0.6) is 5.75 Å². The van der Waals surface area contributed by atoms with Crippen LogP contribution in [0.1, 0.15) is 22.6 Å². The van der Waals surface area contributed by atoms with Crippen molar-refractivity contribution in [2.45, 2.75) is 5.92 Å². The largest absolute Gasteiger partial charge is 0.513 e. The Morgan fingerprint density at radius 2 is 1.53 bits per heavy atom. The number of benzene rings is 3. The summed E-state index contributed by atoms with van der Waals surface area (Å²) in [5.74, 6) is 0.198. The number of nitriles is 1. The summed E-state index contributed by atoms with van der Waals surface area (Å²) in [6.07, 6.45) is -0.803. The summed E-state index contributed by atoms with van der Waals surface area (Å²) in [5, 5.41) is 9.36. The zero-order valence-electron chi connectivity index (χ0n) is 17.9. The lowest BCUT2D eigenvalue weighted by molar-refractivity contribution is 0.0965. The molecule has 8 heteroatoms. The van der Waals surface area contributed by atoms with Crippen LogP contribution in [-0.2, 0) is 4.74 Å². The highest BCUT2D eigenvalue weighted by Crippen LogP contribution is 2.44. The molecule has 0 saturated carbocycles. The fraction of sp³-hybridized carbons (Fsp3) is 0.0769. The van der Waals surface area contributed by atoms with Crippen molar-refractivity contribution in [3.05, 3.63) is 89.5 Å². The van der Waals surface area contributed by atoms with Gasteiger partial charge >= 0.3 is 6.16 Å². The number of fused-ring (bicyclic) bond motifs is 3. The number of ether oxygens (including phenoxy) is 2. The van der Waals surface area contributed by atoms with Gasteiger partial charge in [0, 0.05) is 11.5 Å². The number of nitrogens with two attached hydrogens (primary N) is 2. The van der Waals surface area contributed by atoms with Gasteiger partial charge in [0.15, 0.2) is 0 Å². The molecule has 4 aromatic rings. The van der Waals surface area contributed by atoms with Gasteiger partial charge in [0.05, 0.1) is 5.69 Å². The number of anilines is 2.